The van der Waals surface area contributed by atoms with E-state index in [2.05, 4.69) is 21.2 Å². The summed E-state index contributed by atoms with van der Waals surface area (Å²) < 4.78 is 28.0. The first kappa shape index (κ1) is 20.5. The maximum absolute atomic E-state index is 12.6. The molecule has 1 aliphatic rings. The molecule has 1 aromatic heterocycles. The van der Waals surface area contributed by atoms with Crippen molar-refractivity contribution in [2.45, 2.75) is 36.9 Å². The highest BCUT2D eigenvalue weighted by Gasteiger charge is 2.31. The number of aryl methyl sites for hydroxylation is 1. The third kappa shape index (κ3) is 5.40. The van der Waals surface area contributed by atoms with Gasteiger partial charge in [0.05, 0.1) is 3.79 Å². The molecule has 1 aromatic carbocycles. The van der Waals surface area contributed by atoms with E-state index in [1.54, 1.807) is 12.1 Å². The van der Waals surface area contributed by atoms with Crippen molar-refractivity contribution in [3.63, 3.8) is 0 Å². The summed E-state index contributed by atoms with van der Waals surface area (Å²) in [5, 5.41) is 2.96. The van der Waals surface area contributed by atoms with Gasteiger partial charge in [0, 0.05) is 26.1 Å². The SMILES string of the molecule is Cc1ccc(CNC(=O)CC2CCN(S(=O)(=O)c3ccc(Br)s3)CC2)cc1. The predicted molar refractivity (Wildman–Crippen MR) is 111 cm³/mol. The van der Waals surface area contributed by atoms with Gasteiger partial charge >= 0.3 is 0 Å². The monoisotopic (exact) mass is 470 g/mol. The number of nitrogens with zero attached hydrogens (tertiary/aromatic N) is 1. The predicted octanol–water partition coefficient (Wildman–Crippen LogP) is 3.93. The van der Waals surface area contributed by atoms with Gasteiger partial charge in [-0.2, -0.15) is 4.31 Å². The van der Waals surface area contributed by atoms with Crippen molar-refractivity contribution in [2.24, 2.45) is 5.92 Å². The molecule has 0 bridgehead atoms. The zero-order valence-electron chi connectivity index (χ0n) is 15.2. The molecule has 0 saturated carbocycles. The van der Waals surface area contributed by atoms with E-state index >= 15 is 0 Å². The minimum Gasteiger partial charge on any atom is -0.352 e. The molecule has 27 heavy (non-hydrogen) atoms. The van der Waals surface area contributed by atoms with Crippen LogP contribution in [0.25, 0.3) is 0 Å². The van der Waals surface area contributed by atoms with Crippen LogP contribution in [0.2, 0.25) is 0 Å². The number of sulfonamides is 1. The number of carbonyl (C=O) groups excluding carboxylic acids is 1. The molecule has 1 aliphatic heterocycles. The minimum absolute atomic E-state index is 0.0269. The molecular formula is C19H23BrN2O3S2. The average molecular weight is 471 g/mol. The van der Waals surface area contributed by atoms with Crippen LogP contribution in [0.4, 0.5) is 0 Å². The quantitative estimate of drug-likeness (QED) is 0.695. The number of halogens is 1. The Morgan fingerprint density at radius 3 is 2.44 bits per heavy atom. The van der Waals surface area contributed by atoms with Gasteiger partial charge in [-0.1, -0.05) is 29.8 Å². The summed E-state index contributed by atoms with van der Waals surface area (Å²) in [5.41, 5.74) is 2.28. The van der Waals surface area contributed by atoms with Crippen molar-refractivity contribution < 1.29 is 13.2 Å². The molecule has 0 aliphatic carbocycles. The van der Waals surface area contributed by atoms with E-state index in [9.17, 15) is 13.2 Å². The maximum atomic E-state index is 12.6. The summed E-state index contributed by atoms with van der Waals surface area (Å²) in [6.07, 6.45) is 1.87. The lowest BCUT2D eigenvalue weighted by atomic mass is 9.94. The highest BCUT2D eigenvalue weighted by Crippen LogP contribution is 2.31. The van der Waals surface area contributed by atoms with Gasteiger partial charge in [-0.25, -0.2) is 8.42 Å². The second-order valence-corrected chi connectivity index (χ2v) is 11.5. The van der Waals surface area contributed by atoms with E-state index in [4.69, 9.17) is 0 Å². The number of hydrogen-bond acceptors (Lipinski definition) is 4. The van der Waals surface area contributed by atoms with Gasteiger partial charge in [-0.05, 0) is 59.3 Å². The van der Waals surface area contributed by atoms with Gasteiger partial charge in [0.2, 0.25) is 5.91 Å². The van der Waals surface area contributed by atoms with Crippen molar-refractivity contribution in [1.29, 1.82) is 0 Å². The van der Waals surface area contributed by atoms with Crippen LogP contribution >= 0.6 is 27.3 Å². The van der Waals surface area contributed by atoms with E-state index in [-0.39, 0.29) is 11.8 Å². The third-order valence-corrected chi connectivity index (χ3v) is 8.79. The van der Waals surface area contributed by atoms with Crippen LogP contribution in [-0.2, 0) is 21.4 Å². The van der Waals surface area contributed by atoms with Crippen molar-refractivity contribution >= 4 is 43.2 Å². The van der Waals surface area contributed by atoms with Gasteiger partial charge in [-0.15, -0.1) is 11.3 Å². The Labute approximate surface area is 173 Å². The molecule has 2 aromatic rings. The van der Waals surface area contributed by atoms with Crippen LogP contribution in [0.1, 0.15) is 30.4 Å². The number of thiophene rings is 1. The first-order valence-electron chi connectivity index (χ1n) is 8.92. The Hall–Kier alpha value is -1.22. The Morgan fingerprint density at radius 1 is 1.19 bits per heavy atom. The second-order valence-electron chi connectivity index (χ2n) is 6.87. The molecule has 3 rings (SSSR count). The van der Waals surface area contributed by atoms with E-state index in [0.717, 1.165) is 9.35 Å². The number of rotatable bonds is 6. The molecule has 2 heterocycles. The number of benzene rings is 1. The lowest BCUT2D eigenvalue weighted by Crippen LogP contribution is -2.39. The van der Waals surface area contributed by atoms with Gasteiger partial charge in [-0.3, -0.25) is 4.79 Å². The fourth-order valence-corrected chi connectivity index (χ4v) is 6.79. The summed E-state index contributed by atoms with van der Waals surface area (Å²) in [5.74, 6) is 0.253. The van der Waals surface area contributed by atoms with Crippen LogP contribution in [0.15, 0.2) is 44.4 Å². The molecule has 0 radical (unpaired) electrons. The molecular weight excluding hydrogens is 448 g/mol. The van der Waals surface area contributed by atoms with Gasteiger partial charge in [0.1, 0.15) is 4.21 Å². The molecule has 0 spiro atoms. The van der Waals surface area contributed by atoms with E-state index in [0.29, 0.717) is 43.1 Å². The zero-order chi connectivity index (χ0) is 19.4. The lowest BCUT2D eigenvalue weighted by molar-refractivity contribution is -0.122. The van der Waals surface area contributed by atoms with E-state index in [1.165, 1.54) is 21.2 Å². The lowest BCUT2D eigenvalue weighted by Gasteiger charge is -2.30. The first-order valence-corrected chi connectivity index (χ1v) is 12.0. The normalized spacial score (nSPS) is 16.4. The number of hydrogen-bond donors (Lipinski definition) is 1. The molecule has 1 fully saturated rings. The summed E-state index contributed by atoms with van der Waals surface area (Å²) in [7, 11) is -3.42. The fraction of sp³-hybridized carbons (Fsp3) is 0.421. The summed E-state index contributed by atoms with van der Waals surface area (Å²) in [4.78, 5) is 12.2. The van der Waals surface area contributed by atoms with Crippen molar-refractivity contribution in [2.75, 3.05) is 13.1 Å². The standard InChI is InChI=1S/C19H23BrN2O3S2/c1-14-2-4-16(5-3-14)13-21-18(23)12-15-8-10-22(11-9-15)27(24,25)19-7-6-17(20)26-19/h2-7,15H,8-13H2,1H3,(H,21,23). The van der Waals surface area contributed by atoms with Crippen molar-refractivity contribution in [1.82, 2.24) is 9.62 Å². The second kappa shape index (κ2) is 8.86. The number of piperidine rings is 1. The number of amides is 1. The summed E-state index contributed by atoms with van der Waals surface area (Å²) in [6.45, 7) is 3.49. The minimum atomic E-state index is -3.42. The van der Waals surface area contributed by atoms with Gasteiger partial charge in [0.15, 0.2) is 0 Å². The zero-order valence-corrected chi connectivity index (χ0v) is 18.4. The summed E-state index contributed by atoms with van der Waals surface area (Å²) >= 11 is 4.54. The van der Waals surface area contributed by atoms with Crippen molar-refractivity contribution in [3.05, 3.63) is 51.3 Å². The maximum Gasteiger partial charge on any atom is 0.252 e. The number of carbonyl (C=O) groups is 1. The highest BCUT2D eigenvalue weighted by atomic mass is 79.9. The van der Waals surface area contributed by atoms with Crippen LogP contribution in [0.3, 0.4) is 0 Å². The Bertz CT molecular complexity index is 886. The third-order valence-electron chi connectivity index (χ3n) is 4.80. The van der Waals surface area contributed by atoms with E-state index < -0.39 is 10.0 Å². The van der Waals surface area contributed by atoms with Crippen LogP contribution in [0.5, 0.6) is 0 Å². The fourth-order valence-electron chi connectivity index (χ4n) is 3.16. The van der Waals surface area contributed by atoms with E-state index in [1.807, 2.05) is 31.2 Å². The molecule has 1 saturated heterocycles. The molecule has 0 atom stereocenters. The smallest absolute Gasteiger partial charge is 0.252 e. The van der Waals surface area contributed by atoms with Gasteiger partial charge in [0.25, 0.3) is 10.0 Å². The Kier molecular flexibility index (Phi) is 6.73. The Balaban J connectivity index is 1.46. The van der Waals surface area contributed by atoms with Crippen LogP contribution in [-0.4, -0.2) is 31.7 Å². The topological polar surface area (TPSA) is 66.5 Å². The molecule has 146 valence electrons. The molecule has 1 amide bonds. The van der Waals surface area contributed by atoms with Crippen LogP contribution < -0.4 is 5.32 Å². The highest BCUT2D eigenvalue weighted by molar-refractivity contribution is 9.11. The largest absolute Gasteiger partial charge is 0.352 e. The van der Waals surface area contributed by atoms with Gasteiger partial charge < -0.3 is 5.32 Å². The average Bonchev–Trinajstić information content (AvgIpc) is 3.09. The van der Waals surface area contributed by atoms with Crippen molar-refractivity contribution in [3.8, 4) is 0 Å². The molecule has 0 unspecified atom stereocenters. The number of nitrogens with one attached hydrogen (secondary N) is 1. The summed E-state index contributed by atoms with van der Waals surface area (Å²) in [6, 6.07) is 11.5. The molecule has 1 N–H and O–H groups in total. The Morgan fingerprint density at radius 2 is 1.85 bits per heavy atom. The molecule has 5 nitrogen and oxygen atoms in total. The molecule has 8 heteroatoms. The first-order chi connectivity index (χ1) is 12.8. The van der Waals surface area contributed by atoms with Crippen LogP contribution in [0, 0.1) is 12.8 Å².